The number of hydrogen-bond acceptors (Lipinski definition) is 5. The molecule has 1 fully saturated rings. The Balaban J connectivity index is 1.55. The number of hydrogen-bond donors (Lipinski definition) is 1. The van der Waals surface area contributed by atoms with E-state index in [1.807, 2.05) is 31.2 Å². The number of carboxylic acid groups (broad SMARTS) is 1. The number of carbonyl (C=O) groups is 1. The molecule has 0 saturated heterocycles. The molecule has 0 bridgehead atoms. The van der Waals surface area contributed by atoms with Gasteiger partial charge in [0.2, 0.25) is 0 Å². The Hall–Kier alpha value is -1.66. The Morgan fingerprint density at radius 3 is 2.85 bits per heavy atom. The Labute approximate surface area is 168 Å². The number of carboxylic acids is 1. The number of halogens is 1. The molecule has 0 spiro atoms. The third-order valence-electron chi connectivity index (χ3n) is 4.66. The van der Waals surface area contributed by atoms with Gasteiger partial charge in [-0.3, -0.25) is 4.79 Å². The van der Waals surface area contributed by atoms with Crippen LogP contribution in [0.1, 0.15) is 60.5 Å². The zero-order chi connectivity index (χ0) is 19.2. The highest BCUT2D eigenvalue weighted by atomic mass is 35.5. The van der Waals surface area contributed by atoms with E-state index in [-0.39, 0.29) is 11.1 Å². The summed E-state index contributed by atoms with van der Waals surface area (Å²) in [7, 11) is 0. The zero-order valence-electron chi connectivity index (χ0n) is 15.3. The highest BCUT2D eigenvalue weighted by Gasteiger charge is 2.25. The van der Waals surface area contributed by atoms with Crippen LogP contribution in [0.2, 0.25) is 0 Å². The van der Waals surface area contributed by atoms with E-state index < -0.39 is 5.97 Å². The first-order valence-corrected chi connectivity index (χ1v) is 10.8. The van der Waals surface area contributed by atoms with Crippen molar-refractivity contribution in [2.24, 2.45) is 0 Å². The molecule has 27 heavy (non-hydrogen) atoms. The lowest BCUT2D eigenvalue weighted by atomic mass is 9.89. The summed E-state index contributed by atoms with van der Waals surface area (Å²) in [6.45, 7) is 1.95. The molecule has 7 heteroatoms. The van der Waals surface area contributed by atoms with E-state index in [1.165, 1.54) is 11.8 Å². The fraction of sp³-hybridized carbons (Fsp3) is 0.500. The maximum Gasteiger partial charge on any atom is 0.313 e. The van der Waals surface area contributed by atoms with Crippen LogP contribution in [0.5, 0.6) is 0 Å². The van der Waals surface area contributed by atoms with Crippen LogP contribution in [0.3, 0.4) is 0 Å². The van der Waals surface area contributed by atoms with Crippen molar-refractivity contribution in [1.29, 1.82) is 0 Å². The SMILES string of the molecule is Cc1oc(C2CCC(Cl)CC2)nc1Cc1ccc(/C=C/CSCC(=O)O)o1. The average Bonchev–Trinajstić information content (AvgIpc) is 3.22. The Morgan fingerprint density at radius 2 is 2.11 bits per heavy atom. The molecule has 146 valence electrons. The van der Waals surface area contributed by atoms with Gasteiger partial charge in [-0.15, -0.1) is 23.4 Å². The molecule has 1 aliphatic rings. The van der Waals surface area contributed by atoms with Crippen molar-refractivity contribution >= 4 is 35.4 Å². The number of furan rings is 1. The number of aryl methyl sites for hydroxylation is 1. The second-order valence-electron chi connectivity index (χ2n) is 6.80. The zero-order valence-corrected chi connectivity index (χ0v) is 16.9. The van der Waals surface area contributed by atoms with Gasteiger partial charge < -0.3 is 13.9 Å². The molecular weight excluding hydrogens is 386 g/mol. The summed E-state index contributed by atoms with van der Waals surface area (Å²) in [5.74, 6) is 3.57. The largest absolute Gasteiger partial charge is 0.481 e. The van der Waals surface area contributed by atoms with Gasteiger partial charge in [-0.2, -0.15) is 0 Å². The minimum absolute atomic E-state index is 0.105. The van der Waals surface area contributed by atoms with E-state index in [0.29, 0.717) is 18.1 Å². The molecule has 0 unspecified atom stereocenters. The van der Waals surface area contributed by atoms with Gasteiger partial charge in [0.25, 0.3) is 0 Å². The van der Waals surface area contributed by atoms with E-state index in [0.717, 1.165) is 54.5 Å². The molecule has 2 aromatic heterocycles. The van der Waals surface area contributed by atoms with E-state index in [1.54, 1.807) is 0 Å². The lowest BCUT2D eigenvalue weighted by Crippen LogP contribution is -2.13. The number of thioether (sulfide) groups is 1. The number of alkyl halides is 1. The van der Waals surface area contributed by atoms with E-state index in [2.05, 4.69) is 0 Å². The van der Waals surface area contributed by atoms with E-state index >= 15 is 0 Å². The van der Waals surface area contributed by atoms with Gasteiger partial charge in [0.05, 0.1) is 17.9 Å². The van der Waals surface area contributed by atoms with Crippen LogP contribution in [-0.2, 0) is 11.2 Å². The molecule has 0 amide bonds. The Bertz CT molecular complexity index is 790. The van der Waals surface area contributed by atoms with Crippen molar-refractivity contribution in [2.75, 3.05) is 11.5 Å². The molecular formula is C20H24ClNO4S. The normalized spacial score (nSPS) is 20.4. The number of nitrogens with zero attached hydrogens (tertiary/aromatic N) is 1. The van der Waals surface area contributed by atoms with Crippen LogP contribution in [0.4, 0.5) is 0 Å². The second kappa shape index (κ2) is 9.51. The molecule has 2 aromatic rings. The van der Waals surface area contributed by atoms with Gasteiger partial charge in [-0.1, -0.05) is 6.08 Å². The fourth-order valence-electron chi connectivity index (χ4n) is 3.21. The van der Waals surface area contributed by atoms with Crippen molar-refractivity contribution in [2.45, 2.75) is 50.3 Å². The standard InChI is InChI=1S/C20H24ClNO4S/c1-13-18(22-20(25-13)14-4-6-15(21)7-5-14)11-17-9-8-16(26-17)3-2-10-27-12-19(23)24/h2-3,8-9,14-15H,4-7,10-12H2,1H3,(H,23,24)/b3-2+. The highest BCUT2D eigenvalue weighted by molar-refractivity contribution is 8.00. The van der Waals surface area contributed by atoms with Gasteiger partial charge in [0.15, 0.2) is 5.89 Å². The second-order valence-corrected chi connectivity index (χ2v) is 8.44. The van der Waals surface area contributed by atoms with Crippen LogP contribution in [0.15, 0.2) is 27.0 Å². The Morgan fingerprint density at radius 1 is 1.33 bits per heavy atom. The predicted molar refractivity (Wildman–Crippen MR) is 108 cm³/mol. The van der Waals surface area contributed by atoms with Gasteiger partial charge in [-0.05, 0) is 50.8 Å². The fourth-order valence-corrected chi connectivity index (χ4v) is 3.99. The first-order valence-electron chi connectivity index (χ1n) is 9.16. The maximum absolute atomic E-state index is 10.5. The summed E-state index contributed by atoms with van der Waals surface area (Å²) in [6, 6.07) is 3.85. The summed E-state index contributed by atoms with van der Waals surface area (Å²) >= 11 is 7.54. The van der Waals surface area contributed by atoms with Crippen molar-refractivity contribution in [3.05, 3.63) is 47.1 Å². The minimum Gasteiger partial charge on any atom is -0.481 e. The average molecular weight is 410 g/mol. The lowest BCUT2D eigenvalue weighted by molar-refractivity contribution is -0.133. The summed E-state index contributed by atoms with van der Waals surface area (Å²) in [6.07, 6.45) is 8.46. The minimum atomic E-state index is -0.799. The molecule has 2 heterocycles. The molecule has 0 aromatic carbocycles. The topological polar surface area (TPSA) is 76.5 Å². The molecule has 1 saturated carbocycles. The van der Waals surface area contributed by atoms with Crippen molar-refractivity contribution in [1.82, 2.24) is 4.98 Å². The maximum atomic E-state index is 10.5. The van der Waals surface area contributed by atoms with Crippen LogP contribution in [-0.4, -0.2) is 32.9 Å². The predicted octanol–water partition coefficient (Wildman–Crippen LogP) is 5.26. The highest BCUT2D eigenvalue weighted by Crippen LogP contribution is 2.35. The molecule has 3 rings (SSSR count). The van der Waals surface area contributed by atoms with Crippen molar-refractivity contribution in [3.8, 4) is 0 Å². The third-order valence-corrected chi connectivity index (χ3v) is 5.98. The molecule has 5 nitrogen and oxygen atoms in total. The van der Waals surface area contributed by atoms with Gasteiger partial charge in [-0.25, -0.2) is 4.98 Å². The molecule has 1 N–H and O–H groups in total. The van der Waals surface area contributed by atoms with Crippen LogP contribution >= 0.6 is 23.4 Å². The smallest absolute Gasteiger partial charge is 0.313 e. The van der Waals surface area contributed by atoms with Crippen LogP contribution < -0.4 is 0 Å². The first kappa shape index (κ1) is 20.1. The third kappa shape index (κ3) is 5.91. The van der Waals surface area contributed by atoms with Crippen molar-refractivity contribution in [3.63, 3.8) is 0 Å². The Kier molecular flexibility index (Phi) is 7.07. The van der Waals surface area contributed by atoms with Gasteiger partial charge >= 0.3 is 5.97 Å². The van der Waals surface area contributed by atoms with Crippen LogP contribution in [0.25, 0.3) is 6.08 Å². The quantitative estimate of drug-likeness (QED) is 0.473. The number of aliphatic carboxylic acids is 1. The molecule has 1 aliphatic carbocycles. The number of rotatable bonds is 8. The summed E-state index contributed by atoms with van der Waals surface area (Å²) in [4.78, 5) is 15.2. The number of oxazole rings is 1. The molecule has 0 aliphatic heterocycles. The van der Waals surface area contributed by atoms with E-state index in [4.69, 9.17) is 30.5 Å². The van der Waals surface area contributed by atoms with Gasteiger partial charge in [0.1, 0.15) is 17.3 Å². The molecule has 0 radical (unpaired) electrons. The monoisotopic (exact) mass is 409 g/mol. The summed E-state index contributed by atoms with van der Waals surface area (Å²) in [5.41, 5.74) is 0.917. The van der Waals surface area contributed by atoms with E-state index in [9.17, 15) is 4.79 Å². The van der Waals surface area contributed by atoms with Gasteiger partial charge in [0, 0.05) is 17.0 Å². The number of aromatic nitrogens is 1. The van der Waals surface area contributed by atoms with Crippen molar-refractivity contribution < 1.29 is 18.7 Å². The summed E-state index contributed by atoms with van der Waals surface area (Å²) in [5, 5.41) is 8.90. The summed E-state index contributed by atoms with van der Waals surface area (Å²) < 4.78 is 11.7. The van der Waals surface area contributed by atoms with Crippen LogP contribution in [0, 0.1) is 6.92 Å². The lowest BCUT2D eigenvalue weighted by Gasteiger charge is -2.22. The molecule has 0 atom stereocenters. The first-order chi connectivity index (χ1) is 13.0.